The Balaban J connectivity index is 2.24. The van der Waals surface area contributed by atoms with Gasteiger partial charge >= 0.3 is 0 Å². The normalized spacial score (nSPS) is 10.4. The fourth-order valence-corrected chi connectivity index (χ4v) is 1.97. The van der Waals surface area contributed by atoms with E-state index in [0.29, 0.717) is 22.0 Å². The lowest BCUT2D eigenvalue weighted by atomic mass is 9.49. The zero-order chi connectivity index (χ0) is 14.0. The summed E-state index contributed by atoms with van der Waals surface area (Å²) < 4.78 is 19.5. The number of benzene rings is 2. The van der Waals surface area contributed by atoms with E-state index < -0.39 is 0 Å². The van der Waals surface area contributed by atoms with Crippen molar-refractivity contribution in [1.29, 1.82) is 0 Å². The van der Waals surface area contributed by atoms with Crippen molar-refractivity contribution in [2.45, 2.75) is 20.6 Å². The topological polar surface area (TPSA) is 9.23 Å². The Kier molecular flexibility index (Phi) is 4.15. The van der Waals surface area contributed by atoms with Gasteiger partial charge in [-0.15, -0.1) is 0 Å². The predicted octanol–water partition coefficient (Wildman–Crippen LogP) is 4.54. The van der Waals surface area contributed by atoms with Crippen molar-refractivity contribution in [2.24, 2.45) is 0 Å². The van der Waals surface area contributed by atoms with Crippen LogP contribution in [0.25, 0.3) is 0 Å². The molecule has 0 spiro atoms. The summed E-state index contributed by atoms with van der Waals surface area (Å²) in [6, 6.07) is 10.3. The maximum absolute atomic E-state index is 13.8. The van der Waals surface area contributed by atoms with Crippen molar-refractivity contribution in [3.05, 3.63) is 52.8 Å². The molecule has 4 heteroatoms. The highest BCUT2D eigenvalue weighted by atomic mass is 35.5. The molecule has 0 atom stereocenters. The van der Waals surface area contributed by atoms with Crippen LogP contribution in [0.3, 0.4) is 0 Å². The molecule has 0 aromatic heterocycles. The van der Waals surface area contributed by atoms with Gasteiger partial charge in [0.05, 0.1) is 0 Å². The minimum Gasteiger partial charge on any atom is -0.457 e. The quantitative estimate of drug-likeness (QED) is 0.748. The van der Waals surface area contributed by atoms with Crippen molar-refractivity contribution in [3.8, 4) is 11.5 Å². The third-order valence-corrected chi connectivity index (χ3v) is 3.38. The molecular formula is C15H15BClFO. The van der Waals surface area contributed by atoms with Crippen LogP contribution in [0.2, 0.25) is 18.7 Å². The molecule has 0 saturated carbocycles. The average molecular weight is 277 g/mol. The van der Waals surface area contributed by atoms with E-state index in [0.717, 1.165) is 5.56 Å². The molecule has 0 saturated heterocycles. The summed E-state index contributed by atoms with van der Waals surface area (Å²) in [5.74, 6) is 0.903. The molecule has 2 rings (SSSR count). The Labute approximate surface area is 118 Å². The molecule has 0 N–H and O–H groups in total. The molecule has 0 bridgehead atoms. The van der Waals surface area contributed by atoms with Gasteiger partial charge in [0.1, 0.15) is 17.3 Å². The largest absolute Gasteiger partial charge is 0.457 e. The first-order valence-corrected chi connectivity index (χ1v) is 6.58. The number of hydrogen-bond acceptors (Lipinski definition) is 1. The Hall–Kier alpha value is -1.48. The van der Waals surface area contributed by atoms with E-state index in [2.05, 4.69) is 0 Å². The van der Waals surface area contributed by atoms with Gasteiger partial charge in [0.15, 0.2) is 6.71 Å². The molecular weight excluding hydrogens is 261 g/mol. The second-order valence-electron chi connectivity index (χ2n) is 4.85. The maximum atomic E-state index is 13.8. The van der Waals surface area contributed by atoms with Crippen LogP contribution in [0, 0.1) is 12.7 Å². The van der Waals surface area contributed by atoms with Gasteiger partial charge in [0.2, 0.25) is 0 Å². The van der Waals surface area contributed by atoms with Crippen LogP contribution in [0.15, 0.2) is 36.4 Å². The molecule has 0 aliphatic carbocycles. The zero-order valence-corrected chi connectivity index (χ0v) is 12.0. The summed E-state index contributed by atoms with van der Waals surface area (Å²) in [6.45, 7) is 5.98. The molecule has 0 radical (unpaired) electrons. The van der Waals surface area contributed by atoms with Crippen molar-refractivity contribution >= 4 is 23.8 Å². The highest BCUT2D eigenvalue weighted by Gasteiger charge is 2.10. The number of rotatable bonds is 3. The van der Waals surface area contributed by atoms with E-state index in [1.807, 2.05) is 26.6 Å². The molecule has 0 aliphatic rings. The third kappa shape index (κ3) is 3.30. The Morgan fingerprint density at radius 3 is 2.26 bits per heavy atom. The van der Waals surface area contributed by atoms with Crippen LogP contribution in [0.1, 0.15) is 5.56 Å². The van der Waals surface area contributed by atoms with Crippen LogP contribution in [0.4, 0.5) is 4.39 Å². The summed E-state index contributed by atoms with van der Waals surface area (Å²) in [6.07, 6.45) is 0. The fraction of sp³-hybridized carbons (Fsp3) is 0.200. The second-order valence-corrected chi connectivity index (χ2v) is 5.26. The van der Waals surface area contributed by atoms with Gasteiger partial charge in [0.25, 0.3) is 0 Å². The summed E-state index contributed by atoms with van der Waals surface area (Å²) in [7, 11) is 0. The Bertz CT molecular complexity index is 599. The fourth-order valence-electron chi connectivity index (χ4n) is 1.86. The maximum Gasteiger partial charge on any atom is 0.173 e. The van der Waals surface area contributed by atoms with Gasteiger partial charge in [-0.3, -0.25) is 0 Å². The van der Waals surface area contributed by atoms with Crippen molar-refractivity contribution in [3.63, 3.8) is 0 Å². The van der Waals surface area contributed by atoms with Crippen LogP contribution in [-0.2, 0) is 0 Å². The highest BCUT2D eigenvalue weighted by molar-refractivity contribution is 6.70. The van der Waals surface area contributed by atoms with Gasteiger partial charge in [-0.05, 0) is 42.2 Å². The number of hydrogen-bond donors (Lipinski definition) is 0. The van der Waals surface area contributed by atoms with Crippen LogP contribution in [-0.4, -0.2) is 6.71 Å². The zero-order valence-electron chi connectivity index (χ0n) is 11.2. The SMILES string of the molecule is CB(C)c1ccc(Oc2ccc(Cl)c(C)c2)cc1F. The lowest BCUT2D eigenvalue weighted by Crippen LogP contribution is -2.25. The van der Waals surface area contributed by atoms with E-state index in [-0.39, 0.29) is 12.5 Å². The second kappa shape index (κ2) is 5.66. The van der Waals surface area contributed by atoms with Gasteiger partial charge in [-0.1, -0.05) is 31.3 Å². The van der Waals surface area contributed by atoms with E-state index >= 15 is 0 Å². The summed E-state index contributed by atoms with van der Waals surface area (Å²) in [5.41, 5.74) is 1.62. The monoisotopic (exact) mass is 276 g/mol. The molecule has 0 fully saturated rings. The molecule has 2 aromatic rings. The average Bonchev–Trinajstić information content (AvgIpc) is 2.33. The molecule has 19 heavy (non-hydrogen) atoms. The first-order valence-electron chi connectivity index (χ1n) is 6.21. The standard InChI is InChI=1S/C15H15BClFO/c1-10-8-11(5-7-14(10)17)19-12-4-6-13(16(2)3)15(18)9-12/h4-9H,1-3H3. The molecule has 1 nitrogen and oxygen atoms in total. The summed E-state index contributed by atoms with van der Waals surface area (Å²) in [5, 5.41) is 0.689. The lowest BCUT2D eigenvalue weighted by Gasteiger charge is -2.10. The molecule has 0 heterocycles. The lowest BCUT2D eigenvalue weighted by molar-refractivity contribution is 0.477. The third-order valence-electron chi connectivity index (χ3n) is 2.96. The molecule has 0 amide bonds. The highest BCUT2D eigenvalue weighted by Crippen LogP contribution is 2.26. The molecule has 0 unspecified atom stereocenters. The van der Waals surface area contributed by atoms with Gasteiger partial charge < -0.3 is 4.74 Å². The minimum atomic E-state index is -0.238. The first kappa shape index (κ1) is 13.9. The van der Waals surface area contributed by atoms with Gasteiger partial charge in [0, 0.05) is 11.1 Å². The van der Waals surface area contributed by atoms with E-state index in [1.54, 1.807) is 24.3 Å². The van der Waals surface area contributed by atoms with Crippen molar-refractivity contribution in [1.82, 2.24) is 0 Å². The smallest absolute Gasteiger partial charge is 0.173 e. The van der Waals surface area contributed by atoms with E-state index in [9.17, 15) is 4.39 Å². The Morgan fingerprint density at radius 2 is 1.68 bits per heavy atom. The van der Waals surface area contributed by atoms with E-state index in [4.69, 9.17) is 16.3 Å². The van der Waals surface area contributed by atoms with Crippen LogP contribution >= 0.6 is 11.6 Å². The van der Waals surface area contributed by atoms with Crippen LogP contribution < -0.4 is 10.2 Å². The molecule has 0 aliphatic heterocycles. The van der Waals surface area contributed by atoms with E-state index in [1.165, 1.54) is 6.07 Å². The van der Waals surface area contributed by atoms with Gasteiger partial charge in [-0.25, -0.2) is 4.39 Å². The Morgan fingerprint density at radius 1 is 1.05 bits per heavy atom. The predicted molar refractivity (Wildman–Crippen MR) is 79.8 cm³/mol. The van der Waals surface area contributed by atoms with Crippen LogP contribution in [0.5, 0.6) is 11.5 Å². The summed E-state index contributed by atoms with van der Waals surface area (Å²) >= 11 is 5.95. The first-order chi connectivity index (χ1) is 8.97. The van der Waals surface area contributed by atoms with Crippen molar-refractivity contribution < 1.29 is 9.13 Å². The number of halogens is 2. The molecule has 98 valence electrons. The molecule has 2 aromatic carbocycles. The number of aryl methyl sites for hydroxylation is 1. The summed E-state index contributed by atoms with van der Waals surface area (Å²) in [4.78, 5) is 0. The van der Waals surface area contributed by atoms with Crippen molar-refractivity contribution in [2.75, 3.05) is 0 Å². The number of ether oxygens (including phenoxy) is 1. The van der Waals surface area contributed by atoms with Gasteiger partial charge in [-0.2, -0.15) is 0 Å². The minimum absolute atomic E-state index is 0.159.